The van der Waals surface area contributed by atoms with E-state index in [2.05, 4.69) is 24.1 Å². The summed E-state index contributed by atoms with van der Waals surface area (Å²) in [5, 5.41) is 2.97. The fourth-order valence-electron chi connectivity index (χ4n) is 4.45. The molecule has 0 aromatic heterocycles. The third-order valence-electron chi connectivity index (χ3n) is 6.40. The zero-order chi connectivity index (χ0) is 20.6. The molecule has 0 saturated carbocycles. The van der Waals surface area contributed by atoms with Gasteiger partial charge in [0.05, 0.1) is 0 Å². The van der Waals surface area contributed by atoms with E-state index in [0.29, 0.717) is 6.42 Å². The molecule has 1 N–H and O–H groups in total. The van der Waals surface area contributed by atoms with Crippen molar-refractivity contribution in [2.24, 2.45) is 11.8 Å². The summed E-state index contributed by atoms with van der Waals surface area (Å²) in [5.41, 5.74) is 0. The van der Waals surface area contributed by atoms with Crippen molar-refractivity contribution in [1.29, 1.82) is 0 Å². The van der Waals surface area contributed by atoms with Crippen LogP contribution < -0.4 is 5.32 Å². The van der Waals surface area contributed by atoms with Crippen molar-refractivity contribution in [2.75, 3.05) is 19.6 Å². The molecule has 1 heterocycles. The van der Waals surface area contributed by atoms with Crippen LogP contribution in [0.3, 0.4) is 0 Å². The Labute approximate surface area is 176 Å². The monoisotopic (exact) mass is 394 g/mol. The molecule has 3 nitrogen and oxygen atoms in total. The van der Waals surface area contributed by atoms with Gasteiger partial charge in [0, 0.05) is 12.5 Å². The highest BCUT2D eigenvalue weighted by molar-refractivity contribution is 5.76. The molecule has 0 radical (unpaired) electrons. The standard InChI is InChI=1S/C25H50N2O/c1-22(2)24-17-20-27(21-18-24)19-15-13-11-9-7-5-6-8-10-12-14-16-25(28)26-23(3)4/h22-24H,5-21H2,1-4H3,(H,26,28). The Morgan fingerprint density at radius 1 is 0.786 bits per heavy atom. The van der Waals surface area contributed by atoms with Gasteiger partial charge in [-0.2, -0.15) is 0 Å². The van der Waals surface area contributed by atoms with Gasteiger partial charge in [0.2, 0.25) is 5.91 Å². The van der Waals surface area contributed by atoms with Gasteiger partial charge < -0.3 is 10.2 Å². The Bertz CT molecular complexity index is 373. The quantitative estimate of drug-likeness (QED) is 0.301. The summed E-state index contributed by atoms with van der Waals surface area (Å²) < 4.78 is 0. The number of rotatable bonds is 16. The van der Waals surface area contributed by atoms with E-state index in [1.165, 1.54) is 96.7 Å². The van der Waals surface area contributed by atoms with Crippen LogP contribution in [-0.2, 0) is 4.79 Å². The number of carbonyl (C=O) groups excluding carboxylic acids is 1. The van der Waals surface area contributed by atoms with Crippen molar-refractivity contribution in [3.63, 3.8) is 0 Å². The summed E-state index contributed by atoms with van der Waals surface area (Å²) in [7, 11) is 0. The number of piperidine rings is 1. The Hall–Kier alpha value is -0.570. The average Bonchev–Trinajstić information content (AvgIpc) is 2.65. The van der Waals surface area contributed by atoms with Crippen LogP contribution in [0, 0.1) is 11.8 Å². The first-order valence-electron chi connectivity index (χ1n) is 12.5. The van der Waals surface area contributed by atoms with Crippen LogP contribution in [0.4, 0.5) is 0 Å². The molecular weight excluding hydrogens is 344 g/mol. The zero-order valence-corrected chi connectivity index (χ0v) is 19.6. The Morgan fingerprint density at radius 2 is 1.25 bits per heavy atom. The lowest BCUT2D eigenvalue weighted by Gasteiger charge is -2.33. The number of hydrogen-bond donors (Lipinski definition) is 1. The molecule has 0 spiro atoms. The first-order valence-corrected chi connectivity index (χ1v) is 12.5. The van der Waals surface area contributed by atoms with Gasteiger partial charge in [-0.15, -0.1) is 0 Å². The molecule has 0 bridgehead atoms. The highest BCUT2D eigenvalue weighted by Gasteiger charge is 2.20. The largest absolute Gasteiger partial charge is 0.354 e. The lowest BCUT2D eigenvalue weighted by Crippen LogP contribution is -2.35. The second-order valence-electron chi connectivity index (χ2n) is 9.78. The highest BCUT2D eigenvalue weighted by atomic mass is 16.1. The summed E-state index contributed by atoms with van der Waals surface area (Å²) in [6, 6.07) is 0.273. The van der Waals surface area contributed by atoms with Gasteiger partial charge in [0.1, 0.15) is 0 Å². The van der Waals surface area contributed by atoms with E-state index >= 15 is 0 Å². The molecule has 28 heavy (non-hydrogen) atoms. The van der Waals surface area contributed by atoms with Crippen LogP contribution in [0.2, 0.25) is 0 Å². The van der Waals surface area contributed by atoms with Crippen LogP contribution in [-0.4, -0.2) is 36.5 Å². The minimum Gasteiger partial charge on any atom is -0.354 e. The van der Waals surface area contributed by atoms with Crippen LogP contribution in [0.5, 0.6) is 0 Å². The number of likely N-dealkylation sites (tertiary alicyclic amines) is 1. The van der Waals surface area contributed by atoms with Crippen LogP contribution in [0.15, 0.2) is 0 Å². The first-order chi connectivity index (χ1) is 13.5. The topological polar surface area (TPSA) is 32.3 Å². The maximum absolute atomic E-state index is 11.5. The SMILES string of the molecule is CC(C)NC(=O)CCCCCCCCCCCCCN1CCC(C(C)C)CC1. The lowest BCUT2D eigenvalue weighted by molar-refractivity contribution is -0.121. The number of carbonyl (C=O) groups is 1. The fraction of sp³-hybridized carbons (Fsp3) is 0.960. The fourth-order valence-corrected chi connectivity index (χ4v) is 4.45. The number of hydrogen-bond acceptors (Lipinski definition) is 2. The lowest BCUT2D eigenvalue weighted by atomic mass is 9.87. The number of nitrogens with one attached hydrogen (secondary N) is 1. The van der Waals surface area contributed by atoms with Gasteiger partial charge in [0.25, 0.3) is 0 Å². The maximum atomic E-state index is 11.5. The smallest absolute Gasteiger partial charge is 0.220 e. The van der Waals surface area contributed by atoms with Gasteiger partial charge in [-0.25, -0.2) is 0 Å². The van der Waals surface area contributed by atoms with E-state index in [9.17, 15) is 4.79 Å². The molecule has 1 fully saturated rings. The van der Waals surface area contributed by atoms with Crippen LogP contribution in [0.1, 0.15) is 118 Å². The van der Waals surface area contributed by atoms with Crippen molar-refractivity contribution >= 4 is 5.91 Å². The van der Waals surface area contributed by atoms with Gasteiger partial charge in [0.15, 0.2) is 0 Å². The van der Waals surface area contributed by atoms with Gasteiger partial charge in [-0.1, -0.05) is 71.6 Å². The van der Waals surface area contributed by atoms with Crippen molar-refractivity contribution in [2.45, 2.75) is 124 Å². The minimum absolute atomic E-state index is 0.218. The molecule has 3 heteroatoms. The second-order valence-corrected chi connectivity index (χ2v) is 9.78. The molecule has 1 aliphatic heterocycles. The van der Waals surface area contributed by atoms with E-state index in [1.54, 1.807) is 0 Å². The third-order valence-corrected chi connectivity index (χ3v) is 6.40. The van der Waals surface area contributed by atoms with Gasteiger partial charge in [-0.3, -0.25) is 4.79 Å². The minimum atomic E-state index is 0.218. The third kappa shape index (κ3) is 13.6. The molecule has 0 aliphatic carbocycles. The van der Waals surface area contributed by atoms with Crippen molar-refractivity contribution in [1.82, 2.24) is 10.2 Å². The van der Waals surface area contributed by atoms with E-state index < -0.39 is 0 Å². The highest BCUT2D eigenvalue weighted by Crippen LogP contribution is 2.24. The number of amides is 1. The van der Waals surface area contributed by atoms with Crippen LogP contribution >= 0.6 is 0 Å². The molecule has 1 saturated heterocycles. The molecule has 0 atom stereocenters. The van der Waals surface area contributed by atoms with E-state index in [0.717, 1.165) is 18.3 Å². The average molecular weight is 395 g/mol. The molecule has 0 unspecified atom stereocenters. The van der Waals surface area contributed by atoms with E-state index in [1.807, 2.05) is 13.8 Å². The van der Waals surface area contributed by atoms with Crippen molar-refractivity contribution in [3.05, 3.63) is 0 Å². The molecule has 1 aliphatic rings. The van der Waals surface area contributed by atoms with Crippen molar-refractivity contribution in [3.8, 4) is 0 Å². The summed E-state index contributed by atoms with van der Waals surface area (Å²) >= 11 is 0. The molecule has 0 aromatic rings. The van der Waals surface area contributed by atoms with E-state index in [4.69, 9.17) is 0 Å². The predicted molar refractivity (Wildman–Crippen MR) is 123 cm³/mol. The molecule has 1 amide bonds. The number of nitrogens with zero attached hydrogens (tertiary/aromatic N) is 1. The molecule has 0 aromatic carbocycles. The summed E-state index contributed by atoms with van der Waals surface area (Å²) in [4.78, 5) is 14.2. The molecular formula is C25H50N2O. The first kappa shape index (κ1) is 25.5. The molecule has 166 valence electrons. The Kier molecular flexibility index (Phi) is 14.8. The summed E-state index contributed by atoms with van der Waals surface area (Å²) in [6.07, 6.45) is 18.3. The Balaban J connectivity index is 1.77. The van der Waals surface area contributed by atoms with Crippen molar-refractivity contribution < 1.29 is 4.79 Å². The maximum Gasteiger partial charge on any atom is 0.220 e. The number of unbranched alkanes of at least 4 members (excludes halogenated alkanes) is 10. The van der Waals surface area contributed by atoms with Crippen LogP contribution in [0.25, 0.3) is 0 Å². The predicted octanol–water partition coefficient (Wildman–Crippen LogP) is 6.56. The summed E-state index contributed by atoms with van der Waals surface area (Å²) in [6.45, 7) is 12.8. The summed E-state index contributed by atoms with van der Waals surface area (Å²) in [5.74, 6) is 2.06. The van der Waals surface area contributed by atoms with Gasteiger partial charge in [-0.05, 0) is 71.0 Å². The normalized spacial score (nSPS) is 16.2. The Morgan fingerprint density at radius 3 is 1.71 bits per heavy atom. The second kappa shape index (κ2) is 16.3. The zero-order valence-electron chi connectivity index (χ0n) is 19.6. The van der Waals surface area contributed by atoms with E-state index in [-0.39, 0.29) is 11.9 Å². The molecule has 1 rings (SSSR count). The van der Waals surface area contributed by atoms with Gasteiger partial charge >= 0.3 is 0 Å².